The number of carbonyl (C=O) groups excluding carboxylic acids is 5. The van der Waals surface area contributed by atoms with Crippen LogP contribution >= 0.6 is 11.6 Å². The number of aromatic nitrogens is 2. The van der Waals surface area contributed by atoms with Crippen molar-refractivity contribution in [1.82, 2.24) is 34.7 Å². The number of hydrogen-bond donors (Lipinski definition) is 5. The van der Waals surface area contributed by atoms with Crippen LogP contribution < -0.4 is 35.0 Å². The average Bonchev–Trinajstić information content (AvgIpc) is 1.60. The molecule has 480 valence electrons. The maximum absolute atomic E-state index is 14.2. The molecule has 5 aliphatic rings. The number of piperazine rings is 1. The molecule has 7 aromatic rings. The maximum Gasteiger partial charge on any atom is 0.293 e. The number of piperidine rings is 1. The lowest BCUT2D eigenvalue weighted by Crippen LogP contribution is -2.54. The molecule has 0 aliphatic carbocycles. The molecule has 1 atom stereocenters. The lowest BCUT2D eigenvalue weighted by Gasteiger charge is -2.39. The quantitative estimate of drug-likeness (QED) is 0.0146. The van der Waals surface area contributed by atoms with Gasteiger partial charge in [-0.1, -0.05) is 61.2 Å². The Balaban J connectivity index is 0.638. The van der Waals surface area contributed by atoms with Crippen molar-refractivity contribution in [1.29, 1.82) is 0 Å². The van der Waals surface area contributed by atoms with Gasteiger partial charge in [0.05, 0.1) is 39.3 Å². The molecular formula is C67H72ClN11O12S. The lowest BCUT2D eigenvalue weighted by atomic mass is 9.97. The number of carbonyl (C=O) groups is 5. The Hall–Kier alpha value is -8.94. The van der Waals surface area contributed by atoms with Gasteiger partial charge in [0.25, 0.3) is 33.4 Å². The number of anilines is 3. The summed E-state index contributed by atoms with van der Waals surface area (Å²) in [4.78, 5) is 91.8. The van der Waals surface area contributed by atoms with Gasteiger partial charge in [0.2, 0.25) is 11.8 Å². The van der Waals surface area contributed by atoms with E-state index in [-0.39, 0.29) is 46.9 Å². The zero-order valence-electron chi connectivity index (χ0n) is 50.7. The number of imide groups is 2. The summed E-state index contributed by atoms with van der Waals surface area (Å²) in [5.74, 6) is -1.22. The van der Waals surface area contributed by atoms with E-state index in [9.17, 15) is 42.5 Å². The van der Waals surface area contributed by atoms with Crippen molar-refractivity contribution in [3.63, 3.8) is 0 Å². The molecule has 5 amide bonds. The van der Waals surface area contributed by atoms with Crippen LogP contribution in [-0.2, 0) is 30.9 Å². The first-order chi connectivity index (χ1) is 44.6. The number of nitro benzene ring substituents is 1. The minimum Gasteiger partial charge on any atom is -0.493 e. The average molecular weight is 1290 g/mol. The minimum atomic E-state index is -4.62. The molecule has 4 fully saturated rings. The molecule has 25 heteroatoms. The molecule has 7 heterocycles. The summed E-state index contributed by atoms with van der Waals surface area (Å²) in [6, 6.07) is 30.2. The summed E-state index contributed by atoms with van der Waals surface area (Å²) in [6.45, 7) is 9.00. The standard InChI is InChI=1S/C67H72ClN11O12S/c68-47-14-12-45(13-15-47)51-8-7-11-59(90-42-44-39-76(40-44)27-5-3-1-2-4-25-69-56-10-6-9-53-62(56)67(84)78(66(53)83)57-20-21-61(80)73-65(57)82)54(51)41-75-28-30-77(31-29-75)48-16-18-52(60(35-48)91-49-34-46-22-26-70-63(46)72-38-49)64(81)74-92(87,88)50-17-19-55(58(36-50)79(85)86)71-37-43-23-32-89-33-24-43/h6-19,22,26,34-36,38,43-44,57,69,71H,1-5,20-21,23-25,27-33,37,39-42H2,(H,70,72)(H,74,81)(H,73,80,82). The van der Waals surface area contributed by atoms with Gasteiger partial charge in [0, 0.05) is 130 Å². The predicted octanol–water partition coefficient (Wildman–Crippen LogP) is 9.64. The fraction of sp³-hybridized carbons (Fsp3) is 0.373. The number of nitrogens with zero attached hydrogens (tertiary/aromatic N) is 6. The van der Waals surface area contributed by atoms with Crippen molar-refractivity contribution in [2.75, 3.05) is 94.3 Å². The van der Waals surface area contributed by atoms with Crippen molar-refractivity contribution in [3.8, 4) is 28.4 Å². The third-order valence-corrected chi connectivity index (χ3v) is 19.4. The van der Waals surface area contributed by atoms with E-state index in [4.69, 9.17) is 25.8 Å². The van der Waals surface area contributed by atoms with Crippen LogP contribution in [0.1, 0.15) is 94.4 Å². The molecule has 5 N–H and O–H groups in total. The number of hydrogen-bond acceptors (Lipinski definition) is 18. The summed E-state index contributed by atoms with van der Waals surface area (Å²) >= 11 is 6.37. The Morgan fingerprint density at radius 1 is 0.783 bits per heavy atom. The molecule has 1 unspecified atom stereocenters. The van der Waals surface area contributed by atoms with Crippen molar-refractivity contribution < 1.29 is 51.5 Å². The fourth-order valence-electron chi connectivity index (χ4n) is 12.7. The molecule has 92 heavy (non-hydrogen) atoms. The smallest absolute Gasteiger partial charge is 0.293 e. The first kappa shape index (κ1) is 63.2. The number of fused-ring (bicyclic) bond motifs is 2. The van der Waals surface area contributed by atoms with Crippen LogP contribution in [0.5, 0.6) is 17.2 Å². The molecule has 2 aromatic heterocycles. The Morgan fingerprint density at radius 2 is 1.55 bits per heavy atom. The van der Waals surface area contributed by atoms with Gasteiger partial charge >= 0.3 is 0 Å². The van der Waals surface area contributed by atoms with E-state index in [0.717, 1.165) is 109 Å². The zero-order valence-corrected chi connectivity index (χ0v) is 52.3. The molecular weight excluding hydrogens is 1220 g/mol. The van der Waals surface area contributed by atoms with Gasteiger partial charge in [0.15, 0.2) is 0 Å². The Morgan fingerprint density at radius 3 is 2.35 bits per heavy atom. The number of rotatable bonds is 26. The van der Waals surface area contributed by atoms with Gasteiger partial charge < -0.3 is 39.6 Å². The lowest BCUT2D eigenvalue weighted by molar-refractivity contribution is -0.384. The normalized spacial score (nSPS) is 17.6. The number of amides is 5. The summed E-state index contributed by atoms with van der Waals surface area (Å²) in [6.07, 6.45) is 10.2. The summed E-state index contributed by atoms with van der Waals surface area (Å²) in [5, 5.41) is 22.3. The van der Waals surface area contributed by atoms with E-state index in [1.165, 1.54) is 24.4 Å². The summed E-state index contributed by atoms with van der Waals surface area (Å²) in [5.41, 5.74) is 5.28. The van der Waals surface area contributed by atoms with Crippen molar-refractivity contribution in [3.05, 3.63) is 159 Å². The largest absolute Gasteiger partial charge is 0.493 e. The molecule has 12 rings (SSSR count). The van der Waals surface area contributed by atoms with Crippen molar-refractivity contribution in [2.45, 2.75) is 75.3 Å². The number of likely N-dealkylation sites (tertiary alicyclic amines) is 1. The van der Waals surface area contributed by atoms with Crippen molar-refractivity contribution in [2.24, 2.45) is 11.8 Å². The van der Waals surface area contributed by atoms with Gasteiger partial charge in [-0.25, -0.2) is 18.1 Å². The molecule has 0 bridgehead atoms. The highest BCUT2D eigenvalue weighted by atomic mass is 35.5. The number of pyridine rings is 1. The predicted molar refractivity (Wildman–Crippen MR) is 347 cm³/mol. The Bertz CT molecular complexity index is 4040. The molecule has 4 saturated heterocycles. The third kappa shape index (κ3) is 14.5. The number of H-pyrrole nitrogens is 1. The van der Waals surface area contributed by atoms with Crippen LogP contribution in [0.2, 0.25) is 5.02 Å². The molecule has 0 radical (unpaired) electrons. The number of unbranched alkanes of at least 4 members (excludes halogenated alkanes) is 4. The van der Waals surface area contributed by atoms with Gasteiger partial charge in [-0.05, 0) is 122 Å². The number of aromatic amines is 1. The second-order valence-corrected chi connectivity index (χ2v) is 26.2. The molecule has 23 nitrogen and oxygen atoms in total. The van der Waals surface area contributed by atoms with E-state index in [1.54, 1.807) is 42.6 Å². The number of benzene rings is 5. The third-order valence-electron chi connectivity index (χ3n) is 17.8. The highest BCUT2D eigenvalue weighted by molar-refractivity contribution is 7.90. The van der Waals surface area contributed by atoms with Crippen LogP contribution in [0.25, 0.3) is 22.2 Å². The van der Waals surface area contributed by atoms with E-state index < -0.39 is 61.1 Å². The van der Waals surface area contributed by atoms with Crippen LogP contribution in [0.4, 0.5) is 22.7 Å². The first-order valence-electron chi connectivity index (χ1n) is 31.3. The molecule has 5 aromatic carbocycles. The van der Waals surface area contributed by atoms with E-state index in [1.807, 2.05) is 42.5 Å². The number of sulfonamides is 1. The fourth-order valence-corrected chi connectivity index (χ4v) is 13.8. The van der Waals surface area contributed by atoms with Gasteiger partial charge in [-0.15, -0.1) is 0 Å². The monoisotopic (exact) mass is 1290 g/mol. The second kappa shape index (κ2) is 28.3. The van der Waals surface area contributed by atoms with Crippen LogP contribution in [0, 0.1) is 22.0 Å². The Kier molecular flexibility index (Phi) is 19.4. The SMILES string of the molecule is O=C1CCC(N2C(=O)c3cccc(NCCCCCCCN4CC(COc5cccc(-c6ccc(Cl)cc6)c5CN5CCN(c6ccc(C(=O)NS(=O)(=O)c7ccc(NCC8CCOCC8)c([N+](=O)[O-])c7)c(Oc7cnc8[nH]ccc8c7)c6)CC5)C4)c3C2=O)C(=O)N1. The number of ether oxygens (including phenoxy) is 3. The highest BCUT2D eigenvalue weighted by Gasteiger charge is 2.46. The summed E-state index contributed by atoms with van der Waals surface area (Å²) in [7, 11) is -4.62. The van der Waals surface area contributed by atoms with Gasteiger partial charge in [0.1, 0.15) is 34.6 Å². The number of halogens is 1. The van der Waals surface area contributed by atoms with E-state index in [0.29, 0.717) is 93.7 Å². The minimum absolute atomic E-state index is 0.0672. The first-order valence-corrected chi connectivity index (χ1v) is 33.2. The highest BCUT2D eigenvalue weighted by Crippen LogP contribution is 2.38. The number of nitrogens with one attached hydrogen (secondary N) is 5. The molecule has 0 saturated carbocycles. The van der Waals surface area contributed by atoms with E-state index >= 15 is 0 Å². The van der Waals surface area contributed by atoms with Crippen molar-refractivity contribution >= 4 is 84.9 Å². The van der Waals surface area contributed by atoms with Gasteiger partial charge in [-0.2, -0.15) is 0 Å². The van der Waals surface area contributed by atoms with Gasteiger partial charge in [-0.3, -0.25) is 49.2 Å². The van der Waals surface area contributed by atoms with Crippen LogP contribution in [0.15, 0.2) is 126 Å². The van der Waals surface area contributed by atoms with Crippen LogP contribution in [0.3, 0.4) is 0 Å². The zero-order chi connectivity index (χ0) is 63.9. The molecule has 0 spiro atoms. The number of nitro groups is 1. The molecule has 5 aliphatic heterocycles. The Labute approximate surface area is 537 Å². The van der Waals surface area contributed by atoms with Crippen LogP contribution in [-0.4, -0.2) is 152 Å². The maximum atomic E-state index is 14.2. The second-order valence-electron chi connectivity index (χ2n) is 24.0. The topological polar surface area (TPSA) is 280 Å². The van der Waals surface area contributed by atoms with E-state index in [2.05, 4.69) is 51.4 Å². The summed E-state index contributed by atoms with van der Waals surface area (Å²) < 4.78 is 48.4.